The molecule has 5 rings (SSSR count). The lowest BCUT2D eigenvalue weighted by Gasteiger charge is -2.38. The number of nitro benzene ring substituents is 1. The molecule has 2 heterocycles. The Morgan fingerprint density at radius 3 is 2.74 bits per heavy atom. The molecule has 1 N–H and O–H groups in total. The van der Waals surface area contributed by atoms with Gasteiger partial charge in [0.15, 0.2) is 11.5 Å². The fourth-order valence-electron chi connectivity index (χ4n) is 3.95. The highest BCUT2D eigenvalue weighted by molar-refractivity contribution is 6.01. The maximum absolute atomic E-state index is 13.4. The number of nitro groups is 1. The van der Waals surface area contributed by atoms with Crippen molar-refractivity contribution < 1.29 is 19.2 Å². The number of nitrogens with zero attached hydrogens (tertiary/aromatic N) is 2. The molecule has 0 bridgehead atoms. The van der Waals surface area contributed by atoms with Gasteiger partial charge in [-0.05, 0) is 36.8 Å². The number of hydrogen-bond donors (Lipinski definition) is 1. The molecule has 0 aromatic heterocycles. The van der Waals surface area contributed by atoms with E-state index in [9.17, 15) is 14.9 Å². The minimum atomic E-state index is -0.563. The number of ether oxygens (including phenoxy) is 2. The summed E-state index contributed by atoms with van der Waals surface area (Å²) in [4.78, 5) is 26.2. The number of rotatable bonds is 4. The Hall–Kier alpha value is -4.07. The van der Waals surface area contributed by atoms with E-state index in [-0.39, 0.29) is 18.4 Å². The number of para-hydroxylation sites is 1. The van der Waals surface area contributed by atoms with Crippen molar-refractivity contribution in [2.24, 2.45) is 0 Å². The van der Waals surface area contributed by atoms with E-state index in [1.807, 2.05) is 42.5 Å². The number of benzene rings is 3. The largest absolute Gasteiger partial charge is 0.454 e. The van der Waals surface area contributed by atoms with Gasteiger partial charge in [0.25, 0.3) is 11.6 Å². The normalized spacial score (nSPS) is 16.6. The van der Waals surface area contributed by atoms with Crippen molar-refractivity contribution in [2.75, 3.05) is 12.1 Å². The fourth-order valence-corrected chi connectivity index (χ4v) is 3.95. The van der Waals surface area contributed by atoms with Gasteiger partial charge in [-0.3, -0.25) is 14.9 Å². The molecule has 8 heteroatoms. The number of hydrogen-bond acceptors (Lipinski definition) is 6. The van der Waals surface area contributed by atoms with Crippen LogP contribution in [0.15, 0.2) is 60.7 Å². The fraction of sp³-hybridized carbons (Fsp3) is 0.174. The topological polar surface area (TPSA) is 93.9 Å². The molecule has 0 aliphatic carbocycles. The zero-order chi connectivity index (χ0) is 21.5. The zero-order valence-electron chi connectivity index (χ0n) is 16.7. The van der Waals surface area contributed by atoms with Crippen LogP contribution in [0.1, 0.15) is 33.2 Å². The highest BCUT2D eigenvalue weighted by Gasteiger charge is 2.34. The summed E-state index contributed by atoms with van der Waals surface area (Å²) in [7, 11) is 0. The van der Waals surface area contributed by atoms with Crippen LogP contribution in [0.4, 0.5) is 11.4 Å². The molecule has 0 saturated carbocycles. The van der Waals surface area contributed by atoms with Crippen molar-refractivity contribution in [3.8, 4) is 11.5 Å². The molecule has 8 nitrogen and oxygen atoms in total. The van der Waals surface area contributed by atoms with Crippen LogP contribution in [0.2, 0.25) is 0 Å². The van der Waals surface area contributed by atoms with Gasteiger partial charge in [-0.15, -0.1) is 0 Å². The van der Waals surface area contributed by atoms with Gasteiger partial charge in [-0.1, -0.05) is 30.3 Å². The summed E-state index contributed by atoms with van der Waals surface area (Å²) < 4.78 is 10.8. The number of carbonyl (C=O) groups excluding carboxylic acids is 1. The number of anilines is 1. The second-order valence-corrected chi connectivity index (χ2v) is 7.52. The highest BCUT2D eigenvalue weighted by atomic mass is 16.7. The molecule has 1 amide bonds. The van der Waals surface area contributed by atoms with Crippen molar-refractivity contribution in [3.63, 3.8) is 0 Å². The molecule has 2 aliphatic rings. The second-order valence-electron chi connectivity index (χ2n) is 7.52. The van der Waals surface area contributed by atoms with Crippen LogP contribution in [-0.4, -0.2) is 22.5 Å². The third kappa shape index (κ3) is 3.31. The minimum Gasteiger partial charge on any atom is -0.454 e. The number of aryl methyl sites for hydroxylation is 1. The van der Waals surface area contributed by atoms with E-state index < -0.39 is 11.1 Å². The summed E-state index contributed by atoms with van der Waals surface area (Å²) in [6, 6.07) is 17.9. The number of carbonyl (C=O) groups is 1. The lowest BCUT2D eigenvalue weighted by molar-refractivity contribution is -0.385. The van der Waals surface area contributed by atoms with E-state index in [1.165, 1.54) is 6.07 Å². The lowest BCUT2D eigenvalue weighted by atomic mass is 10.0. The van der Waals surface area contributed by atoms with Crippen LogP contribution in [0.3, 0.4) is 0 Å². The van der Waals surface area contributed by atoms with Crippen molar-refractivity contribution >= 4 is 17.3 Å². The van der Waals surface area contributed by atoms with E-state index in [2.05, 4.69) is 5.32 Å². The molecule has 0 saturated heterocycles. The van der Waals surface area contributed by atoms with Crippen LogP contribution in [0, 0.1) is 17.0 Å². The third-order valence-corrected chi connectivity index (χ3v) is 5.56. The molecule has 3 aromatic rings. The molecule has 3 aromatic carbocycles. The Labute approximate surface area is 178 Å². The van der Waals surface area contributed by atoms with E-state index in [4.69, 9.17) is 9.47 Å². The van der Waals surface area contributed by atoms with Crippen molar-refractivity contribution in [2.45, 2.75) is 19.6 Å². The predicted octanol–water partition coefficient (Wildman–Crippen LogP) is 4.40. The Kier molecular flexibility index (Phi) is 4.47. The van der Waals surface area contributed by atoms with Gasteiger partial charge in [-0.2, -0.15) is 0 Å². The second kappa shape index (κ2) is 7.32. The SMILES string of the molecule is Cc1ccc(C2Nc3ccccc3C(=O)N2Cc2ccc3c(c2)OCO3)cc1[N+](=O)[O-]. The van der Waals surface area contributed by atoms with E-state index in [1.54, 1.807) is 24.0 Å². The predicted molar refractivity (Wildman–Crippen MR) is 113 cm³/mol. The van der Waals surface area contributed by atoms with E-state index in [0.29, 0.717) is 40.4 Å². The van der Waals surface area contributed by atoms with Gasteiger partial charge in [-0.25, -0.2) is 0 Å². The van der Waals surface area contributed by atoms with E-state index >= 15 is 0 Å². The summed E-state index contributed by atoms with van der Waals surface area (Å²) in [5.74, 6) is 1.15. The quantitative estimate of drug-likeness (QED) is 0.500. The summed E-state index contributed by atoms with van der Waals surface area (Å²) >= 11 is 0. The van der Waals surface area contributed by atoms with Gasteiger partial charge in [0.05, 0.1) is 10.5 Å². The number of nitrogens with one attached hydrogen (secondary N) is 1. The molecule has 1 unspecified atom stereocenters. The molecule has 0 radical (unpaired) electrons. The maximum Gasteiger partial charge on any atom is 0.272 e. The first-order valence-electron chi connectivity index (χ1n) is 9.81. The van der Waals surface area contributed by atoms with Crippen molar-refractivity contribution in [1.82, 2.24) is 4.90 Å². The van der Waals surface area contributed by atoms with Crippen LogP contribution in [0.25, 0.3) is 0 Å². The zero-order valence-corrected chi connectivity index (χ0v) is 16.7. The smallest absolute Gasteiger partial charge is 0.272 e. The van der Waals surface area contributed by atoms with Gasteiger partial charge >= 0.3 is 0 Å². The number of amides is 1. The van der Waals surface area contributed by atoms with Gasteiger partial charge < -0.3 is 19.7 Å². The maximum atomic E-state index is 13.4. The Morgan fingerprint density at radius 2 is 1.90 bits per heavy atom. The first kappa shape index (κ1) is 18.9. The Balaban J connectivity index is 1.56. The molecule has 1 atom stereocenters. The van der Waals surface area contributed by atoms with Gasteiger partial charge in [0.2, 0.25) is 6.79 Å². The van der Waals surface area contributed by atoms with Crippen LogP contribution in [0.5, 0.6) is 11.5 Å². The Morgan fingerprint density at radius 1 is 1.10 bits per heavy atom. The summed E-state index contributed by atoms with van der Waals surface area (Å²) in [5.41, 5.74) is 3.35. The molecule has 0 spiro atoms. The molecule has 31 heavy (non-hydrogen) atoms. The Bertz CT molecular complexity index is 1210. The monoisotopic (exact) mass is 417 g/mol. The van der Waals surface area contributed by atoms with Gasteiger partial charge in [0.1, 0.15) is 6.17 Å². The standard InChI is InChI=1S/C23H19N3O5/c1-14-6-8-16(11-19(14)26(28)29)22-24-18-5-3-2-4-17(18)23(27)25(22)12-15-7-9-20-21(10-15)31-13-30-20/h2-11,22,24H,12-13H2,1H3. The molecular formula is C23H19N3O5. The first-order chi connectivity index (χ1) is 15.0. The van der Waals surface area contributed by atoms with Crippen LogP contribution >= 0.6 is 0 Å². The first-order valence-corrected chi connectivity index (χ1v) is 9.81. The number of fused-ring (bicyclic) bond motifs is 2. The van der Waals surface area contributed by atoms with Crippen molar-refractivity contribution in [3.05, 3.63) is 93.0 Å². The van der Waals surface area contributed by atoms with E-state index in [0.717, 1.165) is 5.56 Å². The molecule has 156 valence electrons. The molecule has 0 fully saturated rings. The molecular weight excluding hydrogens is 398 g/mol. The minimum absolute atomic E-state index is 0.0219. The van der Waals surface area contributed by atoms with Crippen LogP contribution < -0.4 is 14.8 Å². The highest BCUT2D eigenvalue weighted by Crippen LogP contribution is 2.37. The lowest BCUT2D eigenvalue weighted by Crippen LogP contribution is -2.42. The van der Waals surface area contributed by atoms with Crippen LogP contribution in [-0.2, 0) is 6.54 Å². The van der Waals surface area contributed by atoms with Gasteiger partial charge in [0, 0.05) is 29.4 Å². The average Bonchev–Trinajstić information content (AvgIpc) is 3.24. The van der Waals surface area contributed by atoms with Crippen molar-refractivity contribution in [1.29, 1.82) is 0 Å². The summed E-state index contributed by atoms with van der Waals surface area (Å²) in [6.07, 6.45) is -0.563. The summed E-state index contributed by atoms with van der Waals surface area (Å²) in [5, 5.41) is 14.9. The summed E-state index contributed by atoms with van der Waals surface area (Å²) in [6.45, 7) is 2.16. The third-order valence-electron chi connectivity index (χ3n) is 5.56. The molecule has 2 aliphatic heterocycles. The average molecular weight is 417 g/mol.